The number of alkyl halides is 1. The molecule has 18 heavy (non-hydrogen) atoms. The van der Waals surface area contributed by atoms with Gasteiger partial charge in [0, 0.05) is 18.7 Å². The van der Waals surface area contributed by atoms with Gasteiger partial charge in [-0.15, -0.1) is 11.6 Å². The van der Waals surface area contributed by atoms with Crippen LogP contribution in [0.2, 0.25) is 0 Å². The van der Waals surface area contributed by atoms with Gasteiger partial charge < -0.3 is 4.90 Å². The fourth-order valence-electron chi connectivity index (χ4n) is 1.95. The van der Waals surface area contributed by atoms with E-state index in [1.54, 1.807) is 19.1 Å². The molecule has 2 rings (SSSR count). The van der Waals surface area contributed by atoms with E-state index >= 15 is 0 Å². The molecular formula is C11H12ClNO4S. The third-order valence-corrected chi connectivity index (χ3v) is 4.13. The molecule has 7 heteroatoms. The lowest BCUT2D eigenvalue weighted by Gasteiger charge is -2.17. The standard InChI is InChI=1S/C11H12ClNO4S/c1-7-2-3-9(5-10(7)18(15,16)17)13-6-8(12)4-11(13)14/h2-3,5,8H,4,6H2,1H3,(H,15,16,17). The first kappa shape index (κ1) is 13.3. The van der Waals surface area contributed by atoms with Gasteiger partial charge in [0.05, 0.1) is 10.3 Å². The smallest absolute Gasteiger partial charge is 0.294 e. The quantitative estimate of drug-likeness (QED) is 0.663. The van der Waals surface area contributed by atoms with Gasteiger partial charge in [0.2, 0.25) is 5.91 Å². The van der Waals surface area contributed by atoms with Crippen molar-refractivity contribution in [2.24, 2.45) is 0 Å². The molecule has 1 aromatic carbocycles. The number of aryl methyl sites for hydroxylation is 1. The number of anilines is 1. The highest BCUT2D eigenvalue weighted by molar-refractivity contribution is 7.85. The first-order chi connectivity index (χ1) is 8.29. The van der Waals surface area contributed by atoms with Gasteiger partial charge in [-0.1, -0.05) is 6.07 Å². The number of rotatable bonds is 2. The summed E-state index contributed by atoms with van der Waals surface area (Å²) in [5.41, 5.74) is 0.858. The van der Waals surface area contributed by atoms with Crippen LogP contribution < -0.4 is 4.90 Å². The number of benzene rings is 1. The average molecular weight is 290 g/mol. The van der Waals surface area contributed by atoms with E-state index in [2.05, 4.69) is 0 Å². The lowest BCUT2D eigenvalue weighted by atomic mass is 10.2. The van der Waals surface area contributed by atoms with E-state index in [0.29, 0.717) is 17.8 Å². The Morgan fingerprint density at radius 1 is 1.44 bits per heavy atom. The molecule has 1 fully saturated rings. The Morgan fingerprint density at radius 2 is 2.11 bits per heavy atom. The van der Waals surface area contributed by atoms with Gasteiger partial charge in [0.15, 0.2) is 0 Å². The van der Waals surface area contributed by atoms with Crippen molar-refractivity contribution in [1.82, 2.24) is 0 Å². The molecule has 0 spiro atoms. The van der Waals surface area contributed by atoms with Crippen molar-refractivity contribution in [2.45, 2.75) is 23.6 Å². The summed E-state index contributed by atoms with van der Waals surface area (Å²) in [5.74, 6) is -0.153. The minimum Gasteiger partial charge on any atom is -0.311 e. The van der Waals surface area contributed by atoms with E-state index < -0.39 is 10.1 Å². The summed E-state index contributed by atoms with van der Waals surface area (Å²) in [4.78, 5) is 12.9. The topological polar surface area (TPSA) is 74.7 Å². The molecule has 1 N–H and O–H groups in total. The summed E-state index contributed by atoms with van der Waals surface area (Å²) in [6, 6.07) is 4.47. The maximum Gasteiger partial charge on any atom is 0.294 e. The van der Waals surface area contributed by atoms with Gasteiger partial charge in [0.25, 0.3) is 10.1 Å². The van der Waals surface area contributed by atoms with Crippen LogP contribution in [0.5, 0.6) is 0 Å². The normalized spacial score (nSPS) is 20.5. The molecule has 0 aliphatic carbocycles. The van der Waals surface area contributed by atoms with Crippen LogP contribution >= 0.6 is 11.6 Å². The van der Waals surface area contributed by atoms with Crippen molar-refractivity contribution < 1.29 is 17.8 Å². The van der Waals surface area contributed by atoms with Crippen molar-refractivity contribution in [2.75, 3.05) is 11.4 Å². The van der Waals surface area contributed by atoms with Gasteiger partial charge in [0.1, 0.15) is 0 Å². The van der Waals surface area contributed by atoms with E-state index in [0.717, 1.165) is 0 Å². The Kier molecular flexibility index (Phi) is 3.35. The monoisotopic (exact) mass is 289 g/mol. The van der Waals surface area contributed by atoms with Gasteiger partial charge in [-0.25, -0.2) is 0 Å². The number of hydrogen-bond acceptors (Lipinski definition) is 3. The Balaban J connectivity index is 2.45. The molecule has 0 radical (unpaired) electrons. The molecule has 1 aliphatic heterocycles. The summed E-state index contributed by atoms with van der Waals surface area (Å²) >= 11 is 5.88. The van der Waals surface area contributed by atoms with E-state index in [1.165, 1.54) is 11.0 Å². The van der Waals surface area contributed by atoms with Gasteiger partial charge in [-0.05, 0) is 24.6 Å². The van der Waals surface area contributed by atoms with Crippen LogP contribution in [-0.2, 0) is 14.9 Å². The SMILES string of the molecule is Cc1ccc(N2CC(Cl)CC2=O)cc1S(=O)(=O)O. The second-order valence-electron chi connectivity index (χ2n) is 4.23. The maximum atomic E-state index is 11.7. The lowest BCUT2D eigenvalue weighted by molar-refractivity contribution is -0.117. The molecule has 0 aromatic heterocycles. The summed E-state index contributed by atoms with van der Waals surface area (Å²) in [6.45, 7) is 1.91. The van der Waals surface area contributed by atoms with E-state index in [-0.39, 0.29) is 22.6 Å². The molecule has 0 saturated carbocycles. The molecule has 1 atom stereocenters. The van der Waals surface area contributed by atoms with Crippen LogP contribution in [0.3, 0.4) is 0 Å². The minimum atomic E-state index is -4.29. The molecular weight excluding hydrogens is 278 g/mol. The molecule has 1 unspecified atom stereocenters. The Labute approximate surface area is 110 Å². The second kappa shape index (κ2) is 4.53. The van der Waals surface area contributed by atoms with E-state index in [1.807, 2.05) is 0 Å². The van der Waals surface area contributed by atoms with Crippen molar-refractivity contribution >= 4 is 33.3 Å². The summed E-state index contributed by atoms with van der Waals surface area (Å²) in [7, 11) is -4.29. The van der Waals surface area contributed by atoms with E-state index in [9.17, 15) is 13.2 Å². The average Bonchev–Trinajstić information content (AvgIpc) is 2.57. The predicted octanol–water partition coefficient (Wildman–Crippen LogP) is 1.59. The third kappa shape index (κ3) is 2.50. The first-order valence-electron chi connectivity index (χ1n) is 5.31. The first-order valence-corrected chi connectivity index (χ1v) is 7.19. The zero-order valence-electron chi connectivity index (χ0n) is 9.63. The van der Waals surface area contributed by atoms with Crippen LogP contribution in [-0.4, -0.2) is 30.8 Å². The summed E-state index contributed by atoms with van der Waals surface area (Å²) in [5, 5.41) is -0.270. The zero-order chi connectivity index (χ0) is 13.5. The molecule has 1 aliphatic rings. The van der Waals surface area contributed by atoms with Crippen LogP contribution in [0.4, 0.5) is 5.69 Å². The Bertz CT molecular complexity index is 599. The fourth-order valence-corrected chi connectivity index (χ4v) is 2.96. The van der Waals surface area contributed by atoms with Crippen LogP contribution in [0, 0.1) is 6.92 Å². The second-order valence-corrected chi connectivity index (χ2v) is 6.24. The minimum absolute atomic E-state index is 0.153. The third-order valence-electron chi connectivity index (χ3n) is 2.84. The highest BCUT2D eigenvalue weighted by atomic mass is 35.5. The molecule has 98 valence electrons. The molecule has 1 aromatic rings. The summed E-state index contributed by atoms with van der Waals surface area (Å²) < 4.78 is 31.5. The van der Waals surface area contributed by atoms with Crippen molar-refractivity contribution in [3.63, 3.8) is 0 Å². The molecule has 5 nitrogen and oxygen atoms in total. The van der Waals surface area contributed by atoms with E-state index in [4.69, 9.17) is 16.2 Å². The Hall–Kier alpha value is -1.11. The van der Waals surface area contributed by atoms with Gasteiger partial charge >= 0.3 is 0 Å². The highest BCUT2D eigenvalue weighted by Gasteiger charge is 2.30. The Morgan fingerprint density at radius 3 is 2.61 bits per heavy atom. The lowest BCUT2D eigenvalue weighted by Crippen LogP contribution is -2.24. The van der Waals surface area contributed by atoms with Gasteiger partial charge in [-0.2, -0.15) is 8.42 Å². The van der Waals surface area contributed by atoms with Crippen LogP contribution in [0.15, 0.2) is 23.1 Å². The van der Waals surface area contributed by atoms with Crippen molar-refractivity contribution in [1.29, 1.82) is 0 Å². The van der Waals surface area contributed by atoms with Crippen molar-refractivity contribution in [3.05, 3.63) is 23.8 Å². The van der Waals surface area contributed by atoms with Crippen molar-refractivity contribution in [3.8, 4) is 0 Å². The highest BCUT2D eigenvalue weighted by Crippen LogP contribution is 2.27. The van der Waals surface area contributed by atoms with Crippen LogP contribution in [0.25, 0.3) is 0 Å². The zero-order valence-corrected chi connectivity index (χ0v) is 11.2. The number of halogens is 1. The largest absolute Gasteiger partial charge is 0.311 e. The molecule has 1 heterocycles. The maximum absolute atomic E-state index is 11.7. The number of hydrogen-bond donors (Lipinski definition) is 1. The predicted molar refractivity (Wildman–Crippen MR) is 67.6 cm³/mol. The number of carbonyl (C=O) groups excluding carboxylic acids is 1. The number of amides is 1. The number of nitrogens with zero attached hydrogens (tertiary/aromatic N) is 1. The van der Waals surface area contributed by atoms with Crippen LogP contribution in [0.1, 0.15) is 12.0 Å². The number of carbonyl (C=O) groups is 1. The van der Waals surface area contributed by atoms with Gasteiger partial charge in [-0.3, -0.25) is 9.35 Å². The molecule has 1 amide bonds. The fraction of sp³-hybridized carbons (Fsp3) is 0.364. The summed E-state index contributed by atoms with van der Waals surface area (Å²) in [6.07, 6.45) is 0.233. The molecule has 0 bridgehead atoms. The molecule has 1 saturated heterocycles.